The molecule has 0 saturated heterocycles. The van der Waals surface area contributed by atoms with Crippen molar-refractivity contribution in [1.29, 1.82) is 0 Å². The van der Waals surface area contributed by atoms with Crippen LogP contribution in [0.2, 0.25) is 0 Å². The highest BCUT2D eigenvalue weighted by Crippen LogP contribution is 2.26. The highest BCUT2D eigenvalue weighted by atomic mass is 79.9. The highest BCUT2D eigenvalue weighted by Gasteiger charge is 2.05. The lowest BCUT2D eigenvalue weighted by Crippen LogP contribution is -2.02. The van der Waals surface area contributed by atoms with Crippen LogP contribution in [0.15, 0.2) is 40.9 Å². The third kappa shape index (κ3) is 2.67. The lowest BCUT2D eigenvalue weighted by Gasteiger charge is -2.12. The Morgan fingerprint density at radius 1 is 1.11 bits per heavy atom. The number of anilines is 1. The van der Waals surface area contributed by atoms with Gasteiger partial charge in [0.1, 0.15) is 5.75 Å². The maximum absolute atomic E-state index is 9.95. The van der Waals surface area contributed by atoms with Crippen molar-refractivity contribution >= 4 is 21.6 Å². The lowest BCUT2D eigenvalue weighted by atomic mass is 10.1. The first kappa shape index (κ1) is 13.0. The molecule has 94 valence electrons. The molecule has 0 aliphatic carbocycles. The second-order valence-corrected chi connectivity index (χ2v) is 5.20. The van der Waals surface area contributed by atoms with E-state index >= 15 is 0 Å². The fraction of sp³-hybridized carbons (Fsp3) is 0.200. The molecule has 0 aliphatic rings. The maximum atomic E-state index is 9.95. The molecule has 0 bridgehead atoms. The molecule has 0 atom stereocenters. The van der Waals surface area contributed by atoms with Crippen molar-refractivity contribution in [3.63, 3.8) is 0 Å². The molecule has 0 radical (unpaired) electrons. The fourth-order valence-corrected chi connectivity index (χ4v) is 2.22. The van der Waals surface area contributed by atoms with Crippen molar-refractivity contribution in [3.8, 4) is 5.75 Å². The third-order valence-electron chi connectivity index (χ3n) is 3.06. The van der Waals surface area contributed by atoms with E-state index in [0.717, 1.165) is 21.3 Å². The summed E-state index contributed by atoms with van der Waals surface area (Å²) in [6.45, 7) is 4.58. The van der Waals surface area contributed by atoms with Crippen LogP contribution in [0.5, 0.6) is 5.75 Å². The molecule has 0 spiro atoms. The second kappa shape index (κ2) is 5.44. The first-order valence-corrected chi connectivity index (χ1v) is 6.65. The minimum Gasteiger partial charge on any atom is -0.507 e. The van der Waals surface area contributed by atoms with Gasteiger partial charge in [-0.25, -0.2) is 0 Å². The molecule has 3 heteroatoms. The number of phenols is 1. The van der Waals surface area contributed by atoms with E-state index in [1.165, 1.54) is 5.56 Å². The van der Waals surface area contributed by atoms with Crippen molar-refractivity contribution in [2.45, 2.75) is 20.4 Å². The van der Waals surface area contributed by atoms with E-state index in [0.29, 0.717) is 12.3 Å². The quantitative estimate of drug-likeness (QED) is 0.882. The summed E-state index contributed by atoms with van der Waals surface area (Å²) in [5, 5.41) is 13.3. The lowest BCUT2D eigenvalue weighted by molar-refractivity contribution is 0.465. The van der Waals surface area contributed by atoms with Gasteiger partial charge in [0.25, 0.3) is 0 Å². The molecule has 0 aliphatic heterocycles. The van der Waals surface area contributed by atoms with E-state index in [1.807, 2.05) is 43.3 Å². The van der Waals surface area contributed by atoms with Crippen LogP contribution in [0.3, 0.4) is 0 Å². The van der Waals surface area contributed by atoms with Gasteiger partial charge in [0, 0.05) is 22.3 Å². The van der Waals surface area contributed by atoms with E-state index < -0.39 is 0 Å². The summed E-state index contributed by atoms with van der Waals surface area (Å²) in [4.78, 5) is 0. The van der Waals surface area contributed by atoms with Crippen LogP contribution < -0.4 is 5.32 Å². The Kier molecular flexibility index (Phi) is 3.92. The van der Waals surface area contributed by atoms with Gasteiger partial charge in [-0.2, -0.15) is 0 Å². The van der Waals surface area contributed by atoms with Gasteiger partial charge in [0.05, 0.1) is 0 Å². The zero-order valence-corrected chi connectivity index (χ0v) is 12.1. The van der Waals surface area contributed by atoms with Gasteiger partial charge in [0.2, 0.25) is 0 Å². The average Bonchev–Trinajstić information content (AvgIpc) is 2.36. The number of hydrogen-bond acceptors (Lipinski definition) is 2. The van der Waals surface area contributed by atoms with Crippen molar-refractivity contribution in [3.05, 3.63) is 57.6 Å². The molecule has 0 saturated carbocycles. The Morgan fingerprint density at radius 2 is 1.83 bits per heavy atom. The number of para-hydroxylation sites is 1. The number of aryl methyl sites for hydroxylation is 1. The predicted molar refractivity (Wildman–Crippen MR) is 79.0 cm³/mol. The molecule has 2 N–H and O–H groups in total. The fourth-order valence-electron chi connectivity index (χ4n) is 1.85. The van der Waals surface area contributed by atoms with Crippen LogP contribution in [0.25, 0.3) is 0 Å². The van der Waals surface area contributed by atoms with Gasteiger partial charge >= 0.3 is 0 Å². The van der Waals surface area contributed by atoms with Crippen molar-refractivity contribution in [1.82, 2.24) is 0 Å². The predicted octanol–water partition coefficient (Wildman–Crippen LogP) is 4.38. The largest absolute Gasteiger partial charge is 0.507 e. The maximum Gasteiger partial charge on any atom is 0.123 e. The van der Waals surface area contributed by atoms with E-state index in [9.17, 15) is 5.11 Å². The molecule has 2 nitrogen and oxygen atoms in total. The van der Waals surface area contributed by atoms with Crippen molar-refractivity contribution in [2.24, 2.45) is 0 Å². The van der Waals surface area contributed by atoms with Crippen LogP contribution in [0.1, 0.15) is 16.7 Å². The number of hydrogen-bond donors (Lipinski definition) is 2. The molecule has 18 heavy (non-hydrogen) atoms. The van der Waals surface area contributed by atoms with Gasteiger partial charge in [-0.3, -0.25) is 0 Å². The van der Waals surface area contributed by atoms with Crippen LogP contribution in [-0.4, -0.2) is 5.11 Å². The van der Waals surface area contributed by atoms with Gasteiger partial charge in [-0.05, 0) is 37.1 Å². The number of aromatic hydroxyl groups is 1. The van der Waals surface area contributed by atoms with E-state index in [1.54, 1.807) is 0 Å². The molecular formula is C15H16BrNO. The van der Waals surface area contributed by atoms with Crippen LogP contribution in [0, 0.1) is 13.8 Å². The first-order chi connectivity index (χ1) is 8.59. The SMILES string of the molecule is Cc1cccc(CNc2cccc(Br)c2C)c1O. The summed E-state index contributed by atoms with van der Waals surface area (Å²) >= 11 is 3.51. The Labute approximate surface area is 116 Å². The van der Waals surface area contributed by atoms with Crippen LogP contribution in [-0.2, 0) is 6.54 Å². The molecule has 0 heterocycles. The smallest absolute Gasteiger partial charge is 0.123 e. The summed E-state index contributed by atoms with van der Waals surface area (Å²) in [5.41, 5.74) is 4.06. The van der Waals surface area contributed by atoms with Crippen LogP contribution in [0.4, 0.5) is 5.69 Å². The van der Waals surface area contributed by atoms with E-state index in [-0.39, 0.29) is 0 Å². The molecule has 2 aromatic carbocycles. The van der Waals surface area contributed by atoms with Crippen molar-refractivity contribution in [2.75, 3.05) is 5.32 Å². The summed E-state index contributed by atoms with van der Waals surface area (Å²) in [6, 6.07) is 11.8. The zero-order chi connectivity index (χ0) is 13.1. The zero-order valence-electron chi connectivity index (χ0n) is 10.5. The molecular weight excluding hydrogens is 290 g/mol. The molecule has 0 fully saturated rings. The summed E-state index contributed by atoms with van der Waals surface area (Å²) in [5.74, 6) is 0.373. The van der Waals surface area contributed by atoms with E-state index in [2.05, 4.69) is 28.2 Å². The standard InChI is InChI=1S/C15H16BrNO/c1-10-5-3-6-12(15(10)18)9-17-14-8-4-7-13(16)11(14)2/h3-8,17-18H,9H2,1-2H3. The van der Waals surface area contributed by atoms with Gasteiger partial charge < -0.3 is 10.4 Å². The molecule has 2 rings (SSSR count). The Morgan fingerprint density at radius 3 is 2.61 bits per heavy atom. The van der Waals surface area contributed by atoms with Crippen molar-refractivity contribution < 1.29 is 5.11 Å². The average molecular weight is 306 g/mol. The summed E-state index contributed by atoms with van der Waals surface area (Å²) < 4.78 is 1.08. The molecule has 0 aromatic heterocycles. The number of benzene rings is 2. The number of phenolic OH excluding ortho intramolecular Hbond substituents is 1. The Balaban J connectivity index is 2.17. The minimum absolute atomic E-state index is 0.373. The third-order valence-corrected chi connectivity index (χ3v) is 3.92. The van der Waals surface area contributed by atoms with Crippen LogP contribution >= 0.6 is 15.9 Å². The van der Waals surface area contributed by atoms with Gasteiger partial charge in [-0.1, -0.05) is 40.2 Å². The number of nitrogens with one attached hydrogen (secondary N) is 1. The molecule has 0 amide bonds. The summed E-state index contributed by atoms with van der Waals surface area (Å²) in [6.07, 6.45) is 0. The highest BCUT2D eigenvalue weighted by molar-refractivity contribution is 9.10. The van der Waals surface area contributed by atoms with Gasteiger partial charge in [0.15, 0.2) is 0 Å². The molecule has 2 aromatic rings. The van der Waals surface area contributed by atoms with E-state index in [4.69, 9.17) is 0 Å². The summed E-state index contributed by atoms with van der Waals surface area (Å²) in [7, 11) is 0. The topological polar surface area (TPSA) is 32.3 Å². The minimum atomic E-state index is 0.373. The van der Waals surface area contributed by atoms with Gasteiger partial charge in [-0.15, -0.1) is 0 Å². The Bertz CT molecular complexity index is 515. The molecule has 0 unspecified atom stereocenters. The first-order valence-electron chi connectivity index (χ1n) is 5.86. The normalized spacial score (nSPS) is 10.4. The monoisotopic (exact) mass is 305 g/mol. The Hall–Kier alpha value is -1.48. The number of rotatable bonds is 3. The second-order valence-electron chi connectivity index (χ2n) is 4.35. The number of halogens is 1.